The molecule has 0 saturated carbocycles. The quantitative estimate of drug-likeness (QED) is 0.872. The van der Waals surface area contributed by atoms with Crippen molar-refractivity contribution < 1.29 is 9.21 Å². The molecule has 0 saturated heterocycles. The first-order valence-electron chi connectivity index (χ1n) is 5.29. The largest absolute Gasteiger partial charge is 0.455 e. The molecule has 0 aliphatic heterocycles. The smallest absolute Gasteiger partial charge is 0.287 e. The number of carbonyl (C=O) groups is 1. The Bertz CT molecular complexity index is 516. The Morgan fingerprint density at radius 2 is 2.29 bits per heavy atom. The van der Waals surface area contributed by atoms with Gasteiger partial charge in [0.1, 0.15) is 5.76 Å². The first-order chi connectivity index (χ1) is 8.20. The monoisotopic (exact) mass is 250 g/mol. The van der Waals surface area contributed by atoms with Crippen LogP contribution >= 0.6 is 11.3 Å². The summed E-state index contributed by atoms with van der Waals surface area (Å²) in [4.78, 5) is 11.7. The van der Waals surface area contributed by atoms with Crippen molar-refractivity contribution in [3.8, 4) is 0 Å². The lowest BCUT2D eigenvalue weighted by Crippen LogP contribution is -2.22. The van der Waals surface area contributed by atoms with E-state index in [-0.39, 0.29) is 5.91 Å². The van der Waals surface area contributed by atoms with Crippen molar-refractivity contribution in [1.29, 1.82) is 0 Å². The summed E-state index contributed by atoms with van der Waals surface area (Å²) in [7, 11) is 0. The van der Waals surface area contributed by atoms with E-state index in [2.05, 4.69) is 10.7 Å². The van der Waals surface area contributed by atoms with Gasteiger partial charge in [-0.2, -0.15) is 11.3 Å². The fraction of sp³-hybridized carbons (Fsp3) is 0.250. The second-order valence-corrected chi connectivity index (χ2v) is 4.48. The summed E-state index contributed by atoms with van der Waals surface area (Å²) < 4.78 is 5.26. The SMILES string of the molecule is Cc1cscc1CNC(=O)c1ccc(CN)o1. The van der Waals surface area contributed by atoms with E-state index in [1.54, 1.807) is 23.5 Å². The molecule has 90 valence electrons. The molecule has 5 heteroatoms. The van der Waals surface area contributed by atoms with E-state index in [1.807, 2.05) is 12.3 Å². The number of aryl methyl sites for hydroxylation is 1. The van der Waals surface area contributed by atoms with Gasteiger partial charge in [0.15, 0.2) is 5.76 Å². The van der Waals surface area contributed by atoms with E-state index in [1.165, 1.54) is 5.56 Å². The minimum absolute atomic E-state index is 0.213. The van der Waals surface area contributed by atoms with Crippen molar-refractivity contribution in [2.75, 3.05) is 0 Å². The van der Waals surface area contributed by atoms with Gasteiger partial charge < -0.3 is 15.5 Å². The van der Waals surface area contributed by atoms with Crippen LogP contribution in [0.25, 0.3) is 0 Å². The molecule has 0 aliphatic carbocycles. The van der Waals surface area contributed by atoms with E-state index < -0.39 is 0 Å². The van der Waals surface area contributed by atoms with E-state index in [9.17, 15) is 4.79 Å². The lowest BCUT2D eigenvalue weighted by molar-refractivity contribution is 0.0921. The predicted molar refractivity (Wildman–Crippen MR) is 66.8 cm³/mol. The van der Waals surface area contributed by atoms with Crippen LogP contribution in [0, 0.1) is 6.92 Å². The average molecular weight is 250 g/mol. The van der Waals surface area contributed by atoms with Gasteiger partial charge in [-0.3, -0.25) is 4.79 Å². The van der Waals surface area contributed by atoms with Crippen molar-refractivity contribution in [2.24, 2.45) is 5.73 Å². The molecule has 17 heavy (non-hydrogen) atoms. The molecule has 2 aromatic rings. The lowest BCUT2D eigenvalue weighted by atomic mass is 10.2. The second-order valence-electron chi connectivity index (χ2n) is 3.73. The number of rotatable bonds is 4. The van der Waals surface area contributed by atoms with Gasteiger partial charge in [0, 0.05) is 6.54 Å². The molecule has 2 rings (SSSR count). The molecule has 2 heterocycles. The average Bonchev–Trinajstić information content (AvgIpc) is 2.94. The fourth-order valence-electron chi connectivity index (χ4n) is 1.44. The van der Waals surface area contributed by atoms with Crippen LogP contribution in [0.4, 0.5) is 0 Å². The number of nitrogens with two attached hydrogens (primary N) is 1. The Labute approximate surface area is 103 Å². The van der Waals surface area contributed by atoms with Crippen LogP contribution in [0.1, 0.15) is 27.4 Å². The summed E-state index contributed by atoms with van der Waals surface area (Å²) in [5.74, 6) is 0.704. The Balaban J connectivity index is 1.95. The van der Waals surface area contributed by atoms with Crippen molar-refractivity contribution in [2.45, 2.75) is 20.0 Å². The zero-order valence-electron chi connectivity index (χ0n) is 9.53. The number of hydrogen-bond donors (Lipinski definition) is 2. The van der Waals surface area contributed by atoms with Crippen LogP contribution in [-0.4, -0.2) is 5.91 Å². The topological polar surface area (TPSA) is 68.3 Å². The van der Waals surface area contributed by atoms with Crippen molar-refractivity contribution in [1.82, 2.24) is 5.32 Å². The molecule has 0 fully saturated rings. The Morgan fingerprint density at radius 3 is 2.88 bits per heavy atom. The molecule has 0 bridgehead atoms. The van der Waals surface area contributed by atoms with Crippen LogP contribution in [0.3, 0.4) is 0 Å². The number of nitrogens with one attached hydrogen (secondary N) is 1. The number of amides is 1. The number of thiophene rings is 1. The summed E-state index contributed by atoms with van der Waals surface area (Å²) in [6, 6.07) is 3.35. The van der Waals surface area contributed by atoms with Crippen LogP contribution in [0.5, 0.6) is 0 Å². The van der Waals surface area contributed by atoms with E-state index >= 15 is 0 Å². The van der Waals surface area contributed by atoms with Gasteiger partial charge in [-0.25, -0.2) is 0 Å². The summed E-state index contributed by atoms with van der Waals surface area (Å²) in [5, 5.41) is 6.90. The molecule has 3 N–H and O–H groups in total. The third-order valence-corrected chi connectivity index (χ3v) is 3.40. The maximum atomic E-state index is 11.7. The first-order valence-corrected chi connectivity index (χ1v) is 6.23. The standard InChI is InChI=1S/C12H14N2O2S/c1-8-6-17-7-9(8)5-14-12(15)11-3-2-10(4-13)16-11/h2-3,6-7H,4-5,13H2,1H3,(H,14,15). The summed E-state index contributed by atoms with van der Waals surface area (Å²) in [5.41, 5.74) is 7.74. The molecular weight excluding hydrogens is 236 g/mol. The van der Waals surface area contributed by atoms with Crippen LogP contribution in [-0.2, 0) is 13.1 Å². The van der Waals surface area contributed by atoms with E-state index in [0.717, 1.165) is 5.56 Å². The molecule has 0 unspecified atom stereocenters. The zero-order chi connectivity index (χ0) is 12.3. The van der Waals surface area contributed by atoms with Crippen LogP contribution in [0.2, 0.25) is 0 Å². The maximum absolute atomic E-state index is 11.7. The van der Waals surface area contributed by atoms with Gasteiger partial charge in [0.2, 0.25) is 0 Å². The van der Waals surface area contributed by atoms with Gasteiger partial charge in [-0.05, 0) is 40.9 Å². The highest BCUT2D eigenvalue weighted by molar-refractivity contribution is 7.08. The highest BCUT2D eigenvalue weighted by Gasteiger charge is 2.10. The molecule has 0 spiro atoms. The Hall–Kier alpha value is -1.59. The van der Waals surface area contributed by atoms with Gasteiger partial charge in [0.25, 0.3) is 5.91 Å². The normalized spacial score (nSPS) is 10.5. The maximum Gasteiger partial charge on any atom is 0.287 e. The van der Waals surface area contributed by atoms with Crippen LogP contribution < -0.4 is 11.1 Å². The van der Waals surface area contributed by atoms with Gasteiger partial charge in [-0.1, -0.05) is 0 Å². The van der Waals surface area contributed by atoms with Crippen molar-refractivity contribution >= 4 is 17.2 Å². The molecule has 1 amide bonds. The zero-order valence-corrected chi connectivity index (χ0v) is 10.3. The Kier molecular flexibility index (Phi) is 3.61. The molecule has 0 atom stereocenters. The molecular formula is C12H14N2O2S. The Morgan fingerprint density at radius 1 is 1.47 bits per heavy atom. The van der Waals surface area contributed by atoms with Crippen molar-refractivity contribution in [3.63, 3.8) is 0 Å². The van der Waals surface area contributed by atoms with E-state index in [0.29, 0.717) is 24.6 Å². The van der Waals surface area contributed by atoms with Crippen molar-refractivity contribution in [3.05, 3.63) is 45.5 Å². The summed E-state index contributed by atoms with van der Waals surface area (Å²) in [6.45, 7) is 2.85. The minimum atomic E-state index is -0.213. The van der Waals surface area contributed by atoms with Gasteiger partial charge in [-0.15, -0.1) is 0 Å². The second kappa shape index (κ2) is 5.16. The minimum Gasteiger partial charge on any atom is -0.455 e. The highest BCUT2D eigenvalue weighted by Crippen LogP contribution is 2.13. The van der Waals surface area contributed by atoms with Crippen LogP contribution in [0.15, 0.2) is 27.3 Å². The molecule has 4 nitrogen and oxygen atoms in total. The van der Waals surface area contributed by atoms with Gasteiger partial charge in [0.05, 0.1) is 6.54 Å². The molecule has 0 aliphatic rings. The third-order valence-electron chi connectivity index (χ3n) is 2.49. The number of furan rings is 1. The van der Waals surface area contributed by atoms with Gasteiger partial charge >= 0.3 is 0 Å². The predicted octanol–water partition coefficient (Wildman–Crippen LogP) is 2.04. The molecule has 2 aromatic heterocycles. The summed E-state index contributed by atoms with van der Waals surface area (Å²) in [6.07, 6.45) is 0. The fourth-order valence-corrected chi connectivity index (χ4v) is 2.30. The molecule has 0 radical (unpaired) electrons. The number of hydrogen-bond acceptors (Lipinski definition) is 4. The van der Waals surface area contributed by atoms with E-state index in [4.69, 9.17) is 10.2 Å². The molecule has 0 aromatic carbocycles. The first kappa shape index (κ1) is 11.9. The summed E-state index contributed by atoms with van der Waals surface area (Å²) >= 11 is 1.63. The third kappa shape index (κ3) is 2.75. The lowest BCUT2D eigenvalue weighted by Gasteiger charge is -2.02. The number of carbonyl (C=O) groups excluding carboxylic acids is 1. The highest BCUT2D eigenvalue weighted by atomic mass is 32.1.